The lowest BCUT2D eigenvalue weighted by atomic mass is 10.1. The van der Waals surface area contributed by atoms with Gasteiger partial charge in [-0.25, -0.2) is 0 Å². The van der Waals surface area contributed by atoms with Gasteiger partial charge in [0.1, 0.15) is 0 Å². The third kappa shape index (κ3) is 3.02. The summed E-state index contributed by atoms with van der Waals surface area (Å²) in [6, 6.07) is 0. The van der Waals surface area contributed by atoms with Crippen LogP contribution in [-0.2, 0) is 4.84 Å². The highest BCUT2D eigenvalue weighted by atomic mass is 16.7. The van der Waals surface area contributed by atoms with Gasteiger partial charge in [-0.1, -0.05) is 13.8 Å². The first-order valence-corrected chi connectivity index (χ1v) is 5.57. The molecule has 0 N–H and O–H groups in total. The van der Waals surface area contributed by atoms with Crippen molar-refractivity contribution in [2.75, 3.05) is 6.54 Å². The SMILES string of the molecule is CCCC[N+]1=C(CCC)CC(C)O1. The second-order valence-electron chi connectivity index (χ2n) is 3.89. The Balaban J connectivity index is 2.48. The molecule has 0 fully saturated rings. The van der Waals surface area contributed by atoms with Crippen LogP contribution in [0, 0.1) is 0 Å². The fourth-order valence-electron chi connectivity index (χ4n) is 1.79. The van der Waals surface area contributed by atoms with E-state index in [2.05, 4.69) is 25.5 Å². The minimum absolute atomic E-state index is 0.401. The highest BCUT2D eigenvalue weighted by Gasteiger charge is 2.29. The fourth-order valence-corrected chi connectivity index (χ4v) is 1.79. The Kier molecular flexibility index (Phi) is 4.26. The smallest absolute Gasteiger partial charge is 0.208 e. The molecular weight excluding hydrogens is 162 g/mol. The Morgan fingerprint density at radius 1 is 1.38 bits per heavy atom. The summed E-state index contributed by atoms with van der Waals surface area (Å²) in [5, 5.41) is 0. The quantitative estimate of drug-likeness (QED) is 0.598. The van der Waals surface area contributed by atoms with Crippen molar-refractivity contribution in [2.24, 2.45) is 0 Å². The first kappa shape index (κ1) is 10.6. The molecule has 0 aliphatic carbocycles. The Labute approximate surface area is 81.6 Å². The zero-order chi connectivity index (χ0) is 9.68. The highest BCUT2D eigenvalue weighted by molar-refractivity contribution is 5.80. The third-order valence-corrected chi connectivity index (χ3v) is 2.44. The first-order valence-electron chi connectivity index (χ1n) is 5.57. The van der Waals surface area contributed by atoms with Crippen LogP contribution in [-0.4, -0.2) is 23.1 Å². The summed E-state index contributed by atoms with van der Waals surface area (Å²) >= 11 is 0. The summed E-state index contributed by atoms with van der Waals surface area (Å²) in [7, 11) is 0. The molecule has 0 amide bonds. The molecule has 2 heteroatoms. The monoisotopic (exact) mass is 184 g/mol. The number of hydroxylamine groups is 1. The molecule has 0 aromatic rings. The van der Waals surface area contributed by atoms with Gasteiger partial charge in [0.05, 0.1) is 6.42 Å². The lowest BCUT2D eigenvalue weighted by Crippen LogP contribution is -2.15. The Hall–Kier alpha value is -0.530. The number of nitrogens with zero attached hydrogens (tertiary/aromatic N) is 1. The van der Waals surface area contributed by atoms with Crippen molar-refractivity contribution in [3.05, 3.63) is 0 Å². The van der Waals surface area contributed by atoms with E-state index in [0.717, 1.165) is 13.0 Å². The van der Waals surface area contributed by atoms with Crippen molar-refractivity contribution >= 4 is 5.71 Å². The Morgan fingerprint density at radius 2 is 2.15 bits per heavy atom. The molecule has 1 aliphatic rings. The van der Waals surface area contributed by atoms with E-state index >= 15 is 0 Å². The topological polar surface area (TPSA) is 12.2 Å². The summed E-state index contributed by atoms with van der Waals surface area (Å²) in [6.07, 6.45) is 6.45. The van der Waals surface area contributed by atoms with Crippen molar-refractivity contribution in [3.63, 3.8) is 0 Å². The van der Waals surface area contributed by atoms with Crippen LogP contribution < -0.4 is 0 Å². The van der Waals surface area contributed by atoms with Crippen LogP contribution in [0.1, 0.15) is 52.9 Å². The molecule has 0 saturated carbocycles. The van der Waals surface area contributed by atoms with Crippen molar-refractivity contribution in [1.82, 2.24) is 0 Å². The molecule has 1 atom stereocenters. The van der Waals surface area contributed by atoms with Crippen molar-refractivity contribution in [1.29, 1.82) is 0 Å². The number of hydrogen-bond acceptors (Lipinski definition) is 1. The molecule has 13 heavy (non-hydrogen) atoms. The summed E-state index contributed by atoms with van der Waals surface area (Å²) in [4.78, 5) is 5.72. The average Bonchev–Trinajstić information content (AvgIpc) is 2.44. The maximum absolute atomic E-state index is 5.72. The first-order chi connectivity index (χ1) is 6.27. The van der Waals surface area contributed by atoms with E-state index in [0.29, 0.717) is 6.10 Å². The summed E-state index contributed by atoms with van der Waals surface area (Å²) < 4.78 is 2.14. The van der Waals surface area contributed by atoms with Crippen molar-refractivity contribution in [3.8, 4) is 0 Å². The van der Waals surface area contributed by atoms with E-state index in [-0.39, 0.29) is 0 Å². The van der Waals surface area contributed by atoms with E-state index in [4.69, 9.17) is 4.84 Å². The molecule has 0 aromatic carbocycles. The van der Waals surface area contributed by atoms with Gasteiger partial charge in [0.15, 0.2) is 12.6 Å². The van der Waals surface area contributed by atoms with Gasteiger partial charge in [-0.3, -0.25) is 4.84 Å². The van der Waals surface area contributed by atoms with Crippen LogP contribution in [0.5, 0.6) is 0 Å². The van der Waals surface area contributed by atoms with E-state index in [1.807, 2.05) is 0 Å². The Morgan fingerprint density at radius 3 is 2.77 bits per heavy atom. The zero-order valence-electron chi connectivity index (χ0n) is 9.18. The van der Waals surface area contributed by atoms with E-state index in [9.17, 15) is 0 Å². The molecular formula is C11H22NO+. The van der Waals surface area contributed by atoms with Crippen LogP contribution >= 0.6 is 0 Å². The minimum atomic E-state index is 0.401. The van der Waals surface area contributed by atoms with Crippen molar-refractivity contribution < 1.29 is 9.58 Å². The van der Waals surface area contributed by atoms with Crippen LogP contribution in [0.15, 0.2) is 0 Å². The van der Waals surface area contributed by atoms with Gasteiger partial charge in [0.25, 0.3) is 0 Å². The van der Waals surface area contributed by atoms with Crippen LogP contribution in [0.25, 0.3) is 0 Å². The second kappa shape index (κ2) is 5.25. The van der Waals surface area contributed by atoms with Crippen molar-refractivity contribution in [2.45, 2.75) is 59.0 Å². The second-order valence-corrected chi connectivity index (χ2v) is 3.89. The predicted octanol–water partition coefficient (Wildman–Crippen LogP) is 2.76. The van der Waals surface area contributed by atoms with Gasteiger partial charge >= 0.3 is 0 Å². The average molecular weight is 184 g/mol. The molecule has 1 heterocycles. The van der Waals surface area contributed by atoms with Gasteiger partial charge in [0.2, 0.25) is 5.71 Å². The molecule has 1 unspecified atom stereocenters. The van der Waals surface area contributed by atoms with Gasteiger partial charge in [0, 0.05) is 12.8 Å². The molecule has 0 bridgehead atoms. The molecule has 0 spiro atoms. The Bertz CT molecular complexity index is 187. The molecule has 0 radical (unpaired) electrons. The molecule has 2 nitrogen and oxygen atoms in total. The van der Waals surface area contributed by atoms with Gasteiger partial charge in [-0.15, -0.1) is 0 Å². The van der Waals surface area contributed by atoms with Crippen LogP contribution in [0.3, 0.4) is 0 Å². The summed E-state index contributed by atoms with van der Waals surface area (Å²) in [6.45, 7) is 7.69. The van der Waals surface area contributed by atoms with E-state index in [1.165, 1.54) is 31.4 Å². The predicted molar refractivity (Wildman–Crippen MR) is 55.1 cm³/mol. The number of rotatable bonds is 5. The van der Waals surface area contributed by atoms with Gasteiger partial charge in [-0.05, 0) is 24.5 Å². The van der Waals surface area contributed by atoms with Gasteiger partial charge < -0.3 is 0 Å². The fraction of sp³-hybridized carbons (Fsp3) is 0.909. The number of unbranched alkanes of at least 4 members (excludes halogenated alkanes) is 1. The van der Waals surface area contributed by atoms with E-state index in [1.54, 1.807) is 0 Å². The molecule has 1 rings (SSSR count). The zero-order valence-corrected chi connectivity index (χ0v) is 9.18. The van der Waals surface area contributed by atoms with Crippen LogP contribution in [0.2, 0.25) is 0 Å². The normalized spacial score (nSPS) is 22.2. The van der Waals surface area contributed by atoms with Gasteiger partial charge in [-0.2, -0.15) is 0 Å². The van der Waals surface area contributed by atoms with E-state index < -0.39 is 0 Å². The number of hydrogen-bond donors (Lipinski definition) is 0. The summed E-state index contributed by atoms with van der Waals surface area (Å²) in [5.41, 5.74) is 1.50. The lowest BCUT2D eigenvalue weighted by molar-refractivity contribution is -0.786. The molecule has 1 aliphatic heterocycles. The lowest BCUT2D eigenvalue weighted by Gasteiger charge is -1.99. The largest absolute Gasteiger partial charge is 0.274 e. The molecule has 0 saturated heterocycles. The van der Waals surface area contributed by atoms with Crippen LogP contribution in [0.4, 0.5) is 0 Å². The minimum Gasteiger partial charge on any atom is -0.274 e. The third-order valence-electron chi connectivity index (χ3n) is 2.44. The summed E-state index contributed by atoms with van der Waals surface area (Å²) in [5.74, 6) is 0. The highest BCUT2D eigenvalue weighted by Crippen LogP contribution is 2.13. The standard InChI is InChI=1S/C11H22NO/c1-4-6-8-12-11(7-5-2)9-10(3)13-12/h10H,4-9H2,1-3H3/q+1. The molecule has 76 valence electrons. The molecule has 0 aromatic heterocycles. The maximum atomic E-state index is 5.72. The maximum Gasteiger partial charge on any atom is 0.208 e.